The second-order valence-corrected chi connectivity index (χ2v) is 11.0. The lowest BCUT2D eigenvalue weighted by Crippen LogP contribution is -2.47. The fraction of sp³-hybridized carbons (Fsp3) is 0.353. The van der Waals surface area contributed by atoms with Gasteiger partial charge in [0.15, 0.2) is 5.76 Å². The molecule has 1 aliphatic rings. The molecule has 29 heavy (non-hydrogen) atoms. The normalized spacial score (nSPS) is 17.7. The molecule has 4 heterocycles. The van der Waals surface area contributed by atoms with Crippen molar-refractivity contribution in [2.45, 2.75) is 31.3 Å². The average molecular weight is 471 g/mol. The van der Waals surface area contributed by atoms with E-state index in [9.17, 15) is 13.2 Å². The maximum absolute atomic E-state index is 13.1. The van der Waals surface area contributed by atoms with Gasteiger partial charge in [0.2, 0.25) is 15.9 Å². The molecule has 0 radical (unpaired) electrons. The molecule has 1 N–H and O–H groups in total. The van der Waals surface area contributed by atoms with Gasteiger partial charge in [0, 0.05) is 11.1 Å². The predicted molar refractivity (Wildman–Crippen MR) is 113 cm³/mol. The highest BCUT2D eigenvalue weighted by Gasteiger charge is 2.42. The summed E-state index contributed by atoms with van der Waals surface area (Å²) < 4.78 is 32.4. The Hall–Kier alpha value is -1.73. The lowest BCUT2D eigenvalue weighted by molar-refractivity contribution is -0.124. The van der Waals surface area contributed by atoms with E-state index in [0.717, 1.165) is 15.6 Å². The Kier molecular flexibility index (Phi) is 5.80. The van der Waals surface area contributed by atoms with Crippen LogP contribution in [-0.2, 0) is 21.4 Å². The number of carbonyl (C=O) groups is 1. The molecule has 3 aromatic heterocycles. The molecular weight excluding hydrogens is 452 g/mol. The topological polar surface area (TPSA) is 105 Å². The number of thiazole rings is 1. The molecule has 0 aromatic carbocycles. The molecule has 1 saturated heterocycles. The van der Waals surface area contributed by atoms with Crippen molar-refractivity contribution in [3.05, 3.63) is 40.0 Å². The van der Waals surface area contributed by atoms with E-state index in [4.69, 9.17) is 4.52 Å². The summed E-state index contributed by atoms with van der Waals surface area (Å²) in [5, 5.41) is 11.4. The summed E-state index contributed by atoms with van der Waals surface area (Å²) in [5.74, 6) is 0.494. The number of sulfonamides is 1. The minimum Gasteiger partial charge on any atom is -0.360 e. The number of hydrogen-bond acceptors (Lipinski definition) is 9. The average Bonchev–Trinajstić information content (AvgIpc) is 3.46. The molecule has 1 atom stereocenters. The lowest BCUT2D eigenvalue weighted by atomic mass is 10.3. The van der Waals surface area contributed by atoms with Crippen molar-refractivity contribution >= 4 is 50.4 Å². The van der Waals surface area contributed by atoms with Crippen LogP contribution in [0.2, 0.25) is 0 Å². The van der Waals surface area contributed by atoms with Crippen molar-refractivity contribution < 1.29 is 17.7 Å². The summed E-state index contributed by atoms with van der Waals surface area (Å²) in [5.41, 5.74) is 1.04. The first-order valence-electron chi connectivity index (χ1n) is 8.66. The Morgan fingerprint density at radius 3 is 2.90 bits per heavy atom. The van der Waals surface area contributed by atoms with E-state index in [-0.39, 0.29) is 29.0 Å². The third-order valence-electron chi connectivity index (χ3n) is 4.41. The number of aryl methyl sites for hydroxylation is 2. The highest BCUT2D eigenvalue weighted by Crippen LogP contribution is 2.31. The molecule has 1 fully saturated rings. The molecule has 1 aliphatic heterocycles. The van der Waals surface area contributed by atoms with Crippen LogP contribution in [0.15, 0.2) is 32.3 Å². The summed E-state index contributed by atoms with van der Waals surface area (Å²) in [4.78, 5) is 18.4. The van der Waals surface area contributed by atoms with Gasteiger partial charge in [0.1, 0.15) is 21.6 Å². The van der Waals surface area contributed by atoms with Gasteiger partial charge in [-0.25, -0.2) is 13.4 Å². The third-order valence-corrected chi connectivity index (χ3v) is 9.61. The molecule has 0 aliphatic carbocycles. The smallest absolute Gasteiger partial charge is 0.249 e. The number of aromatic nitrogens is 2. The summed E-state index contributed by atoms with van der Waals surface area (Å²) in [6, 6.07) is 3.18. The Morgan fingerprint density at radius 1 is 1.38 bits per heavy atom. The zero-order valence-electron chi connectivity index (χ0n) is 15.6. The summed E-state index contributed by atoms with van der Waals surface area (Å²) in [6.45, 7) is 3.38. The first kappa shape index (κ1) is 20.5. The van der Waals surface area contributed by atoms with Crippen LogP contribution in [0.4, 0.5) is 0 Å². The highest BCUT2D eigenvalue weighted by atomic mass is 32.2. The van der Waals surface area contributed by atoms with Gasteiger partial charge < -0.3 is 9.84 Å². The minimum atomic E-state index is -3.88. The predicted octanol–water partition coefficient (Wildman–Crippen LogP) is 2.86. The first-order chi connectivity index (χ1) is 13.9. The number of nitrogens with one attached hydrogen (secondary N) is 1. The number of thiophene rings is 1. The van der Waals surface area contributed by atoms with Crippen molar-refractivity contribution in [1.29, 1.82) is 0 Å². The van der Waals surface area contributed by atoms with Crippen LogP contribution in [-0.4, -0.2) is 46.4 Å². The second-order valence-electron chi connectivity index (χ2n) is 6.40. The van der Waals surface area contributed by atoms with Crippen LogP contribution in [0, 0.1) is 13.8 Å². The monoisotopic (exact) mass is 470 g/mol. The fourth-order valence-corrected chi connectivity index (χ4v) is 8.11. The maximum atomic E-state index is 13.1. The van der Waals surface area contributed by atoms with Gasteiger partial charge >= 0.3 is 0 Å². The van der Waals surface area contributed by atoms with Gasteiger partial charge in [0.05, 0.1) is 23.0 Å². The van der Waals surface area contributed by atoms with Crippen LogP contribution in [0.1, 0.15) is 17.1 Å². The fourth-order valence-electron chi connectivity index (χ4n) is 3.03. The quantitative estimate of drug-likeness (QED) is 0.590. The van der Waals surface area contributed by atoms with E-state index < -0.39 is 16.1 Å². The van der Waals surface area contributed by atoms with Crippen LogP contribution in [0.3, 0.4) is 0 Å². The molecule has 4 rings (SSSR count). The van der Waals surface area contributed by atoms with Gasteiger partial charge in [-0.3, -0.25) is 4.79 Å². The van der Waals surface area contributed by atoms with Crippen LogP contribution < -0.4 is 5.32 Å². The van der Waals surface area contributed by atoms with Crippen molar-refractivity contribution in [2.24, 2.45) is 0 Å². The van der Waals surface area contributed by atoms with Gasteiger partial charge in [-0.05, 0) is 25.3 Å². The molecular formula is C17H18N4O4S4. The van der Waals surface area contributed by atoms with E-state index in [2.05, 4.69) is 15.5 Å². The molecule has 12 heteroatoms. The van der Waals surface area contributed by atoms with E-state index >= 15 is 0 Å². The van der Waals surface area contributed by atoms with E-state index in [1.807, 2.05) is 22.9 Å². The zero-order chi connectivity index (χ0) is 20.6. The van der Waals surface area contributed by atoms with Crippen molar-refractivity contribution in [3.63, 3.8) is 0 Å². The summed E-state index contributed by atoms with van der Waals surface area (Å²) >= 11 is 4.53. The molecule has 1 unspecified atom stereocenters. The largest absolute Gasteiger partial charge is 0.360 e. The van der Waals surface area contributed by atoms with Crippen LogP contribution in [0.25, 0.3) is 9.88 Å². The van der Waals surface area contributed by atoms with Crippen molar-refractivity contribution in [1.82, 2.24) is 19.8 Å². The second kappa shape index (κ2) is 8.19. The summed E-state index contributed by atoms with van der Waals surface area (Å²) in [6.07, 6.45) is 0. The Morgan fingerprint density at radius 2 is 2.21 bits per heavy atom. The molecule has 8 nitrogen and oxygen atoms in total. The Balaban J connectivity index is 1.46. The number of rotatable bonds is 6. The lowest BCUT2D eigenvalue weighted by Gasteiger charge is -2.22. The zero-order valence-corrected chi connectivity index (χ0v) is 18.9. The standard InChI is InChI=1S/C17H18N4O4S4/c1-10-15(11(2)25-20-10)29(23,24)21-9-26-8-13(21)16(22)18-6-12-7-28-17(19-12)14-4-3-5-27-14/h3-5,7,13H,6,8-9H2,1-2H3,(H,18,22). The Bertz CT molecular complexity index is 1100. The molecule has 0 saturated carbocycles. The molecule has 0 bridgehead atoms. The van der Waals surface area contributed by atoms with Gasteiger partial charge in [-0.15, -0.1) is 34.4 Å². The van der Waals surface area contributed by atoms with Gasteiger partial charge in [-0.1, -0.05) is 11.2 Å². The number of nitrogens with zero attached hydrogens (tertiary/aromatic N) is 3. The summed E-state index contributed by atoms with van der Waals surface area (Å²) in [7, 11) is -3.88. The SMILES string of the molecule is Cc1noc(C)c1S(=O)(=O)N1CSCC1C(=O)NCc1csc(-c2cccs2)n1. The van der Waals surface area contributed by atoms with E-state index in [1.165, 1.54) is 27.4 Å². The van der Waals surface area contributed by atoms with Crippen molar-refractivity contribution in [2.75, 3.05) is 11.6 Å². The maximum Gasteiger partial charge on any atom is 0.249 e. The van der Waals surface area contributed by atoms with Crippen LogP contribution >= 0.6 is 34.4 Å². The van der Waals surface area contributed by atoms with Crippen molar-refractivity contribution in [3.8, 4) is 9.88 Å². The number of amides is 1. The highest BCUT2D eigenvalue weighted by molar-refractivity contribution is 8.00. The molecule has 154 valence electrons. The first-order valence-corrected chi connectivity index (χ1v) is 13.0. The molecule has 0 spiro atoms. The third kappa shape index (κ3) is 3.99. The number of hydrogen-bond donors (Lipinski definition) is 1. The van der Waals surface area contributed by atoms with E-state index in [0.29, 0.717) is 11.4 Å². The number of carbonyl (C=O) groups excluding carboxylic acids is 1. The minimum absolute atomic E-state index is 0.0397. The van der Waals surface area contributed by atoms with E-state index in [1.54, 1.807) is 25.2 Å². The van der Waals surface area contributed by atoms with Crippen LogP contribution in [0.5, 0.6) is 0 Å². The van der Waals surface area contributed by atoms with Gasteiger partial charge in [0.25, 0.3) is 0 Å². The number of thioether (sulfide) groups is 1. The Labute approximate surface area is 180 Å². The molecule has 1 amide bonds. The van der Waals surface area contributed by atoms with Gasteiger partial charge in [-0.2, -0.15) is 4.31 Å². The molecule has 3 aromatic rings.